The van der Waals surface area contributed by atoms with Gasteiger partial charge in [0.15, 0.2) is 5.72 Å². The Kier molecular flexibility index (Phi) is 30.2. The number of unbranched alkanes of at least 4 members (excludes halogenated alkanes) is 1. The lowest BCUT2D eigenvalue weighted by Crippen LogP contribution is -2.63. The smallest absolute Gasteiger partial charge is 0.409 e. The zero-order chi connectivity index (χ0) is 74.4. The fraction of sp³-hybridized carbons (Fsp3) is 0.542. The summed E-state index contributed by atoms with van der Waals surface area (Å²) in [5.74, 6) is -5.95. The molecule has 10 N–H and O–H groups in total. The van der Waals surface area contributed by atoms with Gasteiger partial charge in [0.05, 0.1) is 58.3 Å². The number of hydrogen-bond donors (Lipinski definition) is 9. The number of fused-ring (bicyclic) bond motifs is 6. The van der Waals surface area contributed by atoms with Crippen LogP contribution in [-0.4, -0.2) is 214 Å². The Morgan fingerprint density at radius 1 is 0.882 bits per heavy atom. The number of aliphatic carboxylic acids is 1. The van der Waals surface area contributed by atoms with Crippen LogP contribution in [0.5, 0.6) is 5.75 Å². The lowest BCUT2D eigenvalue weighted by molar-refractivity contribution is -0.162. The summed E-state index contributed by atoms with van der Waals surface area (Å²) in [6.07, 6.45) is 0.153. The first kappa shape index (κ1) is 80.8. The number of carboxylic acid groups (broad SMARTS) is 1. The SMILES string of the molecule is CNN(C)Cc1cc2ccccc2n1CCC(=O)N[C@@H](CCC(=O)O)C(=O)NCCOCCOCCC(=O)N[C@H](C(=O)N[C@@H](CCCCN)C(=O)N(C)[C@@H](C)C(=O)O[C@H]1CC(=O)N(C)c2cc(cc(OC)c2Cl)C/C(C)=C/C=C/[C@@H](OC)[C@@]2(O)C[C@H](OC(=O)N2)[C@@H](C)[C@@H]2O[C@@]12C)c1ccccc1. The number of esters is 1. The number of benzene rings is 3. The number of methoxy groups -OCH3 is 2. The van der Waals surface area contributed by atoms with Gasteiger partial charge in [0, 0.05) is 84.2 Å². The maximum Gasteiger partial charge on any atom is 0.409 e. The molecule has 0 spiro atoms. The summed E-state index contributed by atoms with van der Waals surface area (Å²) < 4.78 is 43.1. The largest absolute Gasteiger partial charge is 0.495 e. The molecule has 29 nitrogen and oxygen atoms in total. The van der Waals surface area contributed by atoms with Crippen molar-refractivity contribution in [3.8, 4) is 5.75 Å². The molecule has 0 aliphatic carbocycles. The summed E-state index contributed by atoms with van der Waals surface area (Å²) in [5, 5.41) is 38.0. The van der Waals surface area contributed by atoms with Gasteiger partial charge in [0.1, 0.15) is 58.9 Å². The van der Waals surface area contributed by atoms with E-state index in [1.165, 1.54) is 40.1 Å². The Morgan fingerprint density at radius 2 is 1.59 bits per heavy atom. The number of nitrogens with zero attached hydrogens (tertiary/aromatic N) is 4. The van der Waals surface area contributed by atoms with Gasteiger partial charge < -0.3 is 84.7 Å². The highest BCUT2D eigenvalue weighted by molar-refractivity contribution is 6.35. The first-order valence-electron chi connectivity index (χ1n) is 34.3. The van der Waals surface area contributed by atoms with Crippen molar-refractivity contribution >= 4 is 81.7 Å². The fourth-order valence-corrected chi connectivity index (χ4v) is 12.8. The zero-order valence-electron chi connectivity index (χ0n) is 59.8. The second-order valence-electron chi connectivity index (χ2n) is 26.1. The summed E-state index contributed by atoms with van der Waals surface area (Å²) in [4.78, 5) is 126. The van der Waals surface area contributed by atoms with Crippen LogP contribution in [0.15, 0.2) is 96.6 Å². The van der Waals surface area contributed by atoms with E-state index in [1.54, 1.807) is 68.5 Å². The van der Waals surface area contributed by atoms with E-state index in [2.05, 4.69) is 38.1 Å². The molecule has 11 atom stereocenters. The minimum Gasteiger partial charge on any atom is -0.495 e. The van der Waals surface area contributed by atoms with Gasteiger partial charge in [-0.25, -0.2) is 14.6 Å². The molecule has 4 bridgehead atoms. The molecule has 7 rings (SSSR count). The van der Waals surface area contributed by atoms with E-state index in [0.717, 1.165) is 32.6 Å². The maximum atomic E-state index is 14.7. The molecule has 102 heavy (non-hydrogen) atoms. The summed E-state index contributed by atoms with van der Waals surface area (Å²) in [6, 6.07) is 16.8. The number of para-hydroxylation sites is 1. The molecule has 1 aromatic heterocycles. The van der Waals surface area contributed by atoms with E-state index in [1.807, 2.05) is 60.9 Å². The number of nitrogens with two attached hydrogens (primary N) is 1. The van der Waals surface area contributed by atoms with Gasteiger partial charge in [-0.15, -0.1) is 0 Å². The Morgan fingerprint density at radius 3 is 2.28 bits per heavy atom. The van der Waals surface area contributed by atoms with E-state index < -0.39 is 126 Å². The number of aryl methyl sites for hydroxylation is 1. The Balaban J connectivity index is 0.948. The van der Waals surface area contributed by atoms with Gasteiger partial charge in [-0.1, -0.05) is 90.9 Å². The number of anilines is 1. The number of rotatable bonds is 34. The molecule has 3 aromatic carbocycles. The topological polar surface area (TPSA) is 375 Å². The fourth-order valence-electron chi connectivity index (χ4n) is 12.5. The minimum atomic E-state index is -1.93. The van der Waals surface area contributed by atoms with Crippen LogP contribution < -0.4 is 47.4 Å². The van der Waals surface area contributed by atoms with Gasteiger partial charge >= 0.3 is 18.0 Å². The molecular weight excluding hydrogens is 1340 g/mol. The number of likely N-dealkylation sites (N-methyl/N-ethyl adjacent to an activating group) is 1. The average Bonchev–Trinajstić information content (AvgIpc) is 1.57. The monoisotopic (exact) mass is 1440 g/mol. The van der Waals surface area contributed by atoms with Crippen molar-refractivity contribution in [3.05, 3.63) is 118 Å². The normalized spacial score (nSPS) is 22.6. The van der Waals surface area contributed by atoms with Crippen LogP contribution in [0.25, 0.3) is 10.9 Å². The molecule has 3 aliphatic rings. The third-order valence-electron chi connectivity index (χ3n) is 18.7. The summed E-state index contributed by atoms with van der Waals surface area (Å²) in [6.45, 7) is 8.00. The number of carboxylic acids is 1. The summed E-state index contributed by atoms with van der Waals surface area (Å²) >= 11 is 6.89. The van der Waals surface area contributed by atoms with Crippen LogP contribution in [0.3, 0.4) is 0 Å². The van der Waals surface area contributed by atoms with E-state index in [9.17, 15) is 53.4 Å². The number of aromatic nitrogens is 1. The van der Waals surface area contributed by atoms with Gasteiger partial charge in [-0.3, -0.25) is 44.3 Å². The predicted octanol–water partition coefficient (Wildman–Crippen LogP) is 4.49. The zero-order valence-corrected chi connectivity index (χ0v) is 60.5. The number of ether oxygens (including phenoxy) is 7. The van der Waals surface area contributed by atoms with E-state index in [-0.39, 0.29) is 83.1 Å². The predicted molar refractivity (Wildman–Crippen MR) is 378 cm³/mol. The van der Waals surface area contributed by atoms with Gasteiger partial charge in [-0.05, 0) is 107 Å². The molecule has 3 aliphatic heterocycles. The highest BCUT2D eigenvalue weighted by atomic mass is 35.5. The standard InChI is InChI=1S/C72H100ClN11O18/c1-44-19-18-25-57(97-10)72(95)42-56(100-70(94)80-72)45(2)65-71(4,102-65)58(41-61(87)83(8)54-38-47(37-44)39-55(96-9)63(54)73)101-69(93)46(3)82(7)68(92)52(23-16-17-30-74)78-67(91)64(48-20-12-11-13-21-48)79-60(86)29-33-98-35-36-99-34-31-76-66(90)51(26-27-62(88)89)77-59(85)28-32-84-50(43-81(6)75-5)40-49-22-14-15-24-53(49)84/h11-15,18-22,24-25,38-40,45-46,51-52,56-58,64-65,75,95H,16-17,23,26-37,41-43,74H2,1-10H3,(H,76,90)(H,77,85)(H,78,91)(H,79,86)(H,80,94)(H,88,89)/b25-18+,44-19+/t45-,46+,51+,52+,56+,57-,58+,64+,65+,71+,72+/m1/s1. The lowest BCUT2D eigenvalue weighted by Gasteiger charge is -2.42. The third kappa shape index (κ3) is 22.0. The number of hydrazine groups is 1. The number of carbonyl (C=O) groups excluding carboxylic acids is 8. The van der Waals surface area contributed by atoms with Crippen molar-refractivity contribution in [2.45, 2.75) is 165 Å². The van der Waals surface area contributed by atoms with Crippen LogP contribution in [0, 0.1) is 5.92 Å². The third-order valence-corrected chi connectivity index (χ3v) is 19.0. The quantitative estimate of drug-likeness (QED) is 0.0135. The molecule has 30 heteroatoms. The molecule has 4 heterocycles. The average molecular weight is 1440 g/mol. The Labute approximate surface area is 599 Å². The first-order chi connectivity index (χ1) is 48.6. The molecule has 2 fully saturated rings. The number of alkyl carbamates (subject to hydrolysis) is 1. The number of epoxide rings is 1. The second-order valence-corrected chi connectivity index (χ2v) is 26.5. The Bertz CT molecular complexity index is 3630. The highest BCUT2D eigenvalue weighted by Gasteiger charge is 2.64. The second kappa shape index (κ2) is 38.1. The molecule has 558 valence electrons. The summed E-state index contributed by atoms with van der Waals surface area (Å²) in [7, 11) is 9.45. The number of amides is 7. The number of hydrogen-bond acceptors (Lipinski definition) is 20. The van der Waals surface area contributed by atoms with Crippen LogP contribution in [0.1, 0.15) is 108 Å². The van der Waals surface area contributed by atoms with Crippen molar-refractivity contribution in [2.75, 3.05) is 86.8 Å². The van der Waals surface area contributed by atoms with E-state index in [4.69, 9.17) is 50.5 Å². The van der Waals surface area contributed by atoms with E-state index in [0.29, 0.717) is 49.4 Å². The van der Waals surface area contributed by atoms with Gasteiger partial charge in [-0.2, -0.15) is 0 Å². The van der Waals surface area contributed by atoms with Crippen LogP contribution >= 0.6 is 11.6 Å². The Hall–Kier alpha value is -8.52. The lowest BCUT2D eigenvalue weighted by atomic mass is 9.83. The van der Waals surface area contributed by atoms with Crippen molar-refractivity contribution in [1.29, 1.82) is 0 Å². The molecule has 2 saturated heterocycles. The number of halogens is 1. The van der Waals surface area contributed by atoms with Gasteiger partial charge in [0.25, 0.3) is 0 Å². The number of nitrogens with one attached hydrogen (secondary N) is 6. The van der Waals surface area contributed by atoms with Crippen LogP contribution in [-0.2, 0) is 86.3 Å². The number of aliphatic hydroxyl groups is 1. The molecule has 4 aromatic rings. The number of carbonyl (C=O) groups is 9. The molecule has 7 amide bonds. The van der Waals surface area contributed by atoms with E-state index >= 15 is 0 Å². The van der Waals surface area contributed by atoms with Crippen molar-refractivity contribution < 1.29 is 86.5 Å². The highest BCUT2D eigenvalue weighted by Crippen LogP contribution is 2.49. The number of allylic oxidation sites excluding steroid dienone is 3. The van der Waals surface area contributed by atoms with Crippen LogP contribution in [0.2, 0.25) is 5.02 Å². The molecule has 0 saturated carbocycles. The van der Waals surface area contributed by atoms with Crippen LogP contribution in [0.4, 0.5) is 10.5 Å². The first-order valence-corrected chi connectivity index (χ1v) is 34.6. The van der Waals surface area contributed by atoms with Gasteiger partial charge in [0.2, 0.25) is 35.4 Å². The molecule has 0 unspecified atom stereocenters. The van der Waals surface area contributed by atoms with Crippen molar-refractivity contribution in [3.63, 3.8) is 0 Å². The maximum absolute atomic E-state index is 14.7. The molecular formula is C72H100ClN11O18. The molecule has 0 radical (unpaired) electrons. The summed E-state index contributed by atoms with van der Waals surface area (Å²) in [5.41, 5.74) is 9.84. The van der Waals surface area contributed by atoms with Crippen molar-refractivity contribution in [1.82, 2.24) is 46.5 Å². The minimum absolute atomic E-state index is 0.0338. The van der Waals surface area contributed by atoms with Crippen molar-refractivity contribution in [2.24, 2.45) is 11.7 Å².